The average Bonchev–Trinajstić information content (AvgIpc) is 3.22. The molecular weight excluding hydrogens is 227 g/mol. The minimum Gasteiger partial charge on any atom is -0.365 e. The molecule has 1 aromatic rings. The molecule has 18 heavy (non-hydrogen) atoms. The van der Waals surface area contributed by atoms with E-state index in [4.69, 9.17) is 5.73 Å². The molecule has 1 saturated carbocycles. The molecule has 2 rings (SSSR count). The van der Waals surface area contributed by atoms with Crippen LogP contribution in [0.15, 0.2) is 24.3 Å². The van der Waals surface area contributed by atoms with E-state index in [9.17, 15) is 4.39 Å². The summed E-state index contributed by atoms with van der Waals surface area (Å²) in [6.45, 7) is 5.93. The van der Waals surface area contributed by atoms with Gasteiger partial charge in [0.15, 0.2) is 0 Å². The lowest BCUT2D eigenvalue weighted by Gasteiger charge is -2.45. The Morgan fingerprint density at radius 1 is 1.28 bits per heavy atom. The van der Waals surface area contributed by atoms with Crippen molar-refractivity contribution >= 4 is 5.69 Å². The Bertz CT molecular complexity index is 380. The molecule has 0 aromatic heterocycles. The molecular formula is C15H23FN2. The highest BCUT2D eigenvalue weighted by Crippen LogP contribution is 2.46. The van der Waals surface area contributed by atoms with Crippen LogP contribution in [0, 0.1) is 11.7 Å². The van der Waals surface area contributed by atoms with E-state index in [0.717, 1.165) is 18.7 Å². The van der Waals surface area contributed by atoms with Crippen molar-refractivity contribution in [3.05, 3.63) is 30.1 Å². The van der Waals surface area contributed by atoms with Crippen LogP contribution in [0.25, 0.3) is 0 Å². The zero-order valence-electron chi connectivity index (χ0n) is 11.3. The topological polar surface area (TPSA) is 29.3 Å². The molecule has 0 saturated heterocycles. The summed E-state index contributed by atoms with van der Waals surface area (Å²) < 4.78 is 13.0. The Kier molecular flexibility index (Phi) is 3.91. The van der Waals surface area contributed by atoms with Crippen LogP contribution in [-0.4, -0.2) is 18.6 Å². The molecule has 0 spiro atoms. The first-order valence-electron chi connectivity index (χ1n) is 6.91. The molecule has 1 aliphatic carbocycles. The van der Waals surface area contributed by atoms with Gasteiger partial charge in [0.2, 0.25) is 0 Å². The summed E-state index contributed by atoms with van der Waals surface area (Å²) in [5.41, 5.74) is 7.22. The summed E-state index contributed by atoms with van der Waals surface area (Å²) in [5.74, 6) is 0.508. The lowest BCUT2D eigenvalue weighted by Crippen LogP contribution is -2.55. The lowest BCUT2D eigenvalue weighted by atomic mass is 9.87. The highest BCUT2D eigenvalue weighted by atomic mass is 19.1. The second kappa shape index (κ2) is 5.27. The maximum atomic E-state index is 13.0. The normalized spacial score (nSPS) is 18.4. The zero-order valence-corrected chi connectivity index (χ0v) is 11.3. The minimum atomic E-state index is -0.184. The van der Waals surface area contributed by atoms with E-state index < -0.39 is 0 Å². The molecule has 1 atom stereocenters. The molecule has 100 valence electrons. The van der Waals surface area contributed by atoms with Crippen LogP contribution in [-0.2, 0) is 0 Å². The van der Waals surface area contributed by atoms with Crippen LogP contribution in [0.3, 0.4) is 0 Å². The Balaban J connectivity index is 2.33. The number of anilines is 1. The quantitative estimate of drug-likeness (QED) is 0.840. The highest BCUT2D eigenvalue weighted by molar-refractivity contribution is 5.50. The van der Waals surface area contributed by atoms with Crippen molar-refractivity contribution in [2.75, 3.05) is 18.0 Å². The van der Waals surface area contributed by atoms with Crippen LogP contribution >= 0.6 is 0 Å². The van der Waals surface area contributed by atoms with Gasteiger partial charge >= 0.3 is 0 Å². The summed E-state index contributed by atoms with van der Waals surface area (Å²) in [5, 5.41) is 0. The van der Waals surface area contributed by atoms with Gasteiger partial charge < -0.3 is 10.6 Å². The Morgan fingerprint density at radius 3 is 2.28 bits per heavy atom. The van der Waals surface area contributed by atoms with E-state index in [1.807, 2.05) is 12.1 Å². The molecule has 1 aliphatic rings. The number of rotatable bonds is 6. The first kappa shape index (κ1) is 13.3. The molecule has 0 radical (unpaired) electrons. The number of hydrogen-bond donors (Lipinski definition) is 1. The smallest absolute Gasteiger partial charge is 0.123 e. The fourth-order valence-electron chi connectivity index (χ4n) is 3.12. The number of nitrogens with two attached hydrogens (primary N) is 1. The number of benzene rings is 1. The van der Waals surface area contributed by atoms with Crippen LogP contribution in [0.2, 0.25) is 0 Å². The maximum Gasteiger partial charge on any atom is 0.123 e. The third-order valence-corrected chi connectivity index (χ3v) is 4.30. The third kappa shape index (κ3) is 2.24. The number of nitrogens with zero attached hydrogens (tertiary/aromatic N) is 1. The first-order valence-corrected chi connectivity index (χ1v) is 6.91. The van der Waals surface area contributed by atoms with Crippen LogP contribution < -0.4 is 10.6 Å². The predicted octanol–water partition coefficient (Wildman–Crippen LogP) is 3.17. The fraction of sp³-hybridized carbons (Fsp3) is 0.600. The Morgan fingerprint density at radius 2 is 1.89 bits per heavy atom. The molecule has 0 bridgehead atoms. The van der Waals surface area contributed by atoms with E-state index in [1.165, 1.54) is 25.0 Å². The van der Waals surface area contributed by atoms with Gasteiger partial charge in [-0.3, -0.25) is 0 Å². The third-order valence-electron chi connectivity index (χ3n) is 4.30. The second-order valence-corrected chi connectivity index (χ2v) is 5.16. The molecule has 1 unspecified atom stereocenters. The SMILES string of the molecule is CCN(c1ccc(F)cc1)C(CC)(CN)C1CC1. The van der Waals surface area contributed by atoms with Gasteiger partial charge in [-0.25, -0.2) is 4.39 Å². The number of halogens is 1. The largest absolute Gasteiger partial charge is 0.365 e. The van der Waals surface area contributed by atoms with Crippen molar-refractivity contribution < 1.29 is 4.39 Å². The molecule has 1 aromatic carbocycles. The van der Waals surface area contributed by atoms with E-state index >= 15 is 0 Å². The molecule has 0 aliphatic heterocycles. The van der Waals surface area contributed by atoms with Crippen molar-refractivity contribution in [1.29, 1.82) is 0 Å². The van der Waals surface area contributed by atoms with Gasteiger partial charge in [0, 0.05) is 18.8 Å². The van der Waals surface area contributed by atoms with Crippen LogP contribution in [0.1, 0.15) is 33.1 Å². The van der Waals surface area contributed by atoms with Crippen molar-refractivity contribution in [2.45, 2.75) is 38.6 Å². The van der Waals surface area contributed by atoms with Gasteiger partial charge in [-0.05, 0) is 56.4 Å². The van der Waals surface area contributed by atoms with Crippen LogP contribution in [0.5, 0.6) is 0 Å². The van der Waals surface area contributed by atoms with Gasteiger partial charge in [0.05, 0.1) is 5.54 Å². The monoisotopic (exact) mass is 250 g/mol. The molecule has 0 heterocycles. The lowest BCUT2D eigenvalue weighted by molar-refractivity contribution is 0.337. The van der Waals surface area contributed by atoms with Crippen LogP contribution in [0.4, 0.5) is 10.1 Å². The molecule has 2 N–H and O–H groups in total. The predicted molar refractivity (Wildman–Crippen MR) is 74.2 cm³/mol. The van der Waals surface area contributed by atoms with Gasteiger partial charge in [0.1, 0.15) is 5.82 Å². The summed E-state index contributed by atoms with van der Waals surface area (Å²) in [6, 6.07) is 6.78. The minimum absolute atomic E-state index is 0.0482. The van der Waals surface area contributed by atoms with E-state index in [2.05, 4.69) is 18.7 Å². The standard InChI is InChI=1S/C15H23FN2/c1-3-15(11-17,12-5-6-12)18(4-2)14-9-7-13(16)8-10-14/h7-10,12H,3-6,11,17H2,1-2H3. The van der Waals surface area contributed by atoms with E-state index in [1.54, 1.807) is 0 Å². The Hall–Kier alpha value is -1.09. The molecule has 2 nitrogen and oxygen atoms in total. The van der Waals surface area contributed by atoms with Gasteiger partial charge in [-0.15, -0.1) is 0 Å². The van der Waals surface area contributed by atoms with Gasteiger partial charge in [-0.1, -0.05) is 6.92 Å². The number of likely N-dealkylation sites (N-methyl/N-ethyl adjacent to an activating group) is 1. The summed E-state index contributed by atoms with van der Waals surface area (Å²) >= 11 is 0. The summed E-state index contributed by atoms with van der Waals surface area (Å²) in [6.07, 6.45) is 3.57. The molecule has 1 fully saturated rings. The van der Waals surface area contributed by atoms with Crippen molar-refractivity contribution in [1.82, 2.24) is 0 Å². The Labute approximate surface area is 109 Å². The highest BCUT2D eigenvalue weighted by Gasteiger charge is 2.46. The first-order chi connectivity index (χ1) is 8.67. The van der Waals surface area contributed by atoms with E-state index in [0.29, 0.717) is 12.5 Å². The van der Waals surface area contributed by atoms with Crippen molar-refractivity contribution in [2.24, 2.45) is 11.7 Å². The second-order valence-electron chi connectivity index (χ2n) is 5.16. The summed E-state index contributed by atoms with van der Waals surface area (Å²) in [4.78, 5) is 2.37. The molecule has 3 heteroatoms. The molecule has 0 amide bonds. The maximum absolute atomic E-state index is 13.0. The fourth-order valence-corrected chi connectivity index (χ4v) is 3.12. The van der Waals surface area contributed by atoms with Crippen molar-refractivity contribution in [3.63, 3.8) is 0 Å². The van der Waals surface area contributed by atoms with Gasteiger partial charge in [0.25, 0.3) is 0 Å². The van der Waals surface area contributed by atoms with Gasteiger partial charge in [-0.2, -0.15) is 0 Å². The van der Waals surface area contributed by atoms with E-state index in [-0.39, 0.29) is 11.4 Å². The average molecular weight is 250 g/mol. The van der Waals surface area contributed by atoms with Crippen molar-refractivity contribution in [3.8, 4) is 0 Å². The summed E-state index contributed by atoms with van der Waals surface area (Å²) in [7, 11) is 0. The number of hydrogen-bond acceptors (Lipinski definition) is 2. The zero-order chi connectivity index (χ0) is 13.2.